The number of anilines is 3. The van der Waals surface area contributed by atoms with Crippen LogP contribution >= 0.6 is 11.3 Å². The van der Waals surface area contributed by atoms with E-state index in [4.69, 9.17) is 4.74 Å². The number of pyridine rings is 1. The average molecular weight is 484 g/mol. The number of thiophene rings is 1. The zero-order chi connectivity index (χ0) is 24.3. The summed E-state index contributed by atoms with van der Waals surface area (Å²) in [7, 11) is 1.50. The van der Waals surface area contributed by atoms with Crippen LogP contribution in [-0.4, -0.2) is 54.2 Å². The van der Waals surface area contributed by atoms with Crippen molar-refractivity contribution in [3.63, 3.8) is 0 Å². The number of carbonyl (C=O) groups is 1. The fraction of sp³-hybridized carbons (Fsp3) is 0.417. The van der Waals surface area contributed by atoms with Crippen LogP contribution in [0, 0.1) is 12.8 Å². The molecule has 1 aliphatic heterocycles. The highest BCUT2D eigenvalue weighted by atomic mass is 32.1. The number of hydrogen-bond donors (Lipinski definition) is 4. The predicted octanol–water partition coefficient (Wildman–Crippen LogP) is 3.82. The van der Waals surface area contributed by atoms with Crippen LogP contribution in [0.1, 0.15) is 35.1 Å². The first-order valence-electron chi connectivity index (χ1n) is 11.5. The van der Waals surface area contributed by atoms with Gasteiger partial charge in [0.2, 0.25) is 0 Å². The summed E-state index contributed by atoms with van der Waals surface area (Å²) in [6.07, 6.45) is 7.55. The van der Waals surface area contributed by atoms with Crippen LogP contribution in [0.4, 0.5) is 17.3 Å². The van der Waals surface area contributed by atoms with Gasteiger partial charge < -0.3 is 26.4 Å². The molecule has 0 bridgehead atoms. The van der Waals surface area contributed by atoms with Gasteiger partial charge in [0.25, 0.3) is 0 Å². The Balaban J connectivity index is 0.00000158. The summed E-state index contributed by atoms with van der Waals surface area (Å²) in [5.41, 5.74) is 8.22. The fourth-order valence-corrected chi connectivity index (χ4v) is 4.41. The normalized spacial score (nSPS) is 13.5. The van der Waals surface area contributed by atoms with Crippen LogP contribution in [-0.2, 0) is 4.74 Å². The standard InChI is InChI=1S/C23H28N6O2S.CH5N/c1-3-31-23(30)20-8-17(14-32-20)18-12-28-21(29-22-13-25-15(2)10-27-22)9-19(18)26-11-16-4-6-24-7-5-16;1-2/h8-10,12-14,16,24H,3-7,11H2,1-2H3,(H2,26,27,28,29);2H2,1H3. The van der Waals surface area contributed by atoms with Crippen LogP contribution in [0.2, 0.25) is 0 Å². The maximum absolute atomic E-state index is 12.1. The molecule has 0 radical (unpaired) electrons. The summed E-state index contributed by atoms with van der Waals surface area (Å²) in [5.74, 6) is 1.65. The van der Waals surface area contributed by atoms with Gasteiger partial charge in [-0.05, 0) is 69.8 Å². The number of ether oxygens (including phenoxy) is 1. The number of hydrogen-bond acceptors (Lipinski definition) is 10. The molecule has 0 aliphatic carbocycles. The molecule has 3 aromatic heterocycles. The molecule has 0 atom stereocenters. The van der Waals surface area contributed by atoms with E-state index >= 15 is 0 Å². The van der Waals surface area contributed by atoms with Crippen molar-refractivity contribution in [2.75, 3.05) is 43.9 Å². The molecule has 10 heteroatoms. The Labute approximate surface area is 204 Å². The highest BCUT2D eigenvalue weighted by Crippen LogP contribution is 2.33. The van der Waals surface area contributed by atoms with E-state index in [1.54, 1.807) is 12.4 Å². The molecular formula is C24H33N7O2S. The molecule has 1 aliphatic rings. The van der Waals surface area contributed by atoms with Gasteiger partial charge in [-0.1, -0.05) is 0 Å². The number of piperidine rings is 1. The Kier molecular flexibility index (Phi) is 9.75. The maximum atomic E-state index is 12.1. The van der Waals surface area contributed by atoms with Gasteiger partial charge in [0.1, 0.15) is 16.5 Å². The molecular weight excluding hydrogens is 450 g/mol. The Bertz CT molecular complexity index is 1050. The second-order valence-electron chi connectivity index (χ2n) is 7.78. The minimum atomic E-state index is -0.294. The van der Waals surface area contributed by atoms with Crippen LogP contribution in [0.15, 0.2) is 36.1 Å². The lowest BCUT2D eigenvalue weighted by molar-refractivity contribution is 0.0532. The maximum Gasteiger partial charge on any atom is 0.348 e. The third-order valence-corrected chi connectivity index (χ3v) is 6.28. The Morgan fingerprint density at radius 1 is 1.15 bits per heavy atom. The van der Waals surface area contributed by atoms with Crippen LogP contribution < -0.4 is 21.7 Å². The van der Waals surface area contributed by atoms with E-state index in [0.29, 0.717) is 29.0 Å². The number of aromatic nitrogens is 3. The molecule has 4 heterocycles. The van der Waals surface area contributed by atoms with Crippen molar-refractivity contribution < 1.29 is 9.53 Å². The van der Waals surface area contributed by atoms with Crippen molar-refractivity contribution in [3.05, 3.63) is 46.7 Å². The number of aryl methyl sites for hydroxylation is 1. The van der Waals surface area contributed by atoms with Crippen LogP contribution in [0.5, 0.6) is 0 Å². The summed E-state index contributed by atoms with van der Waals surface area (Å²) in [5, 5.41) is 12.2. The first kappa shape index (κ1) is 25.5. The van der Waals surface area contributed by atoms with E-state index in [1.807, 2.05) is 37.6 Å². The molecule has 0 amide bonds. The molecule has 9 nitrogen and oxygen atoms in total. The van der Waals surface area contributed by atoms with Crippen molar-refractivity contribution in [2.45, 2.75) is 26.7 Å². The summed E-state index contributed by atoms with van der Waals surface area (Å²) in [6, 6.07) is 3.85. The van der Waals surface area contributed by atoms with Gasteiger partial charge in [-0.2, -0.15) is 0 Å². The van der Waals surface area contributed by atoms with Crippen molar-refractivity contribution in [1.29, 1.82) is 0 Å². The first-order valence-corrected chi connectivity index (χ1v) is 12.3. The molecule has 0 saturated carbocycles. The quantitative estimate of drug-likeness (QED) is 0.354. The monoisotopic (exact) mass is 483 g/mol. The number of rotatable bonds is 8. The largest absolute Gasteiger partial charge is 0.462 e. The van der Waals surface area contributed by atoms with Crippen molar-refractivity contribution >= 4 is 34.6 Å². The second kappa shape index (κ2) is 13.0. The summed E-state index contributed by atoms with van der Waals surface area (Å²) in [4.78, 5) is 25.9. The summed E-state index contributed by atoms with van der Waals surface area (Å²) in [6.45, 7) is 7.07. The van der Waals surface area contributed by atoms with Gasteiger partial charge in [-0.15, -0.1) is 11.3 Å². The van der Waals surface area contributed by atoms with Crippen LogP contribution in [0.25, 0.3) is 11.1 Å². The zero-order valence-electron chi connectivity index (χ0n) is 19.9. The lowest BCUT2D eigenvalue weighted by Gasteiger charge is -2.24. The van der Waals surface area contributed by atoms with Crippen molar-refractivity contribution in [2.24, 2.45) is 11.7 Å². The molecule has 1 fully saturated rings. The molecule has 0 spiro atoms. The molecule has 4 rings (SSSR count). The van der Waals surface area contributed by atoms with Crippen molar-refractivity contribution in [1.82, 2.24) is 20.3 Å². The minimum absolute atomic E-state index is 0.294. The highest BCUT2D eigenvalue weighted by Gasteiger charge is 2.17. The minimum Gasteiger partial charge on any atom is -0.462 e. The van der Waals surface area contributed by atoms with Gasteiger partial charge in [-0.3, -0.25) is 4.98 Å². The Morgan fingerprint density at radius 3 is 2.62 bits per heavy atom. The van der Waals surface area contributed by atoms with Gasteiger partial charge >= 0.3 is 5.97 Å². The third kappa shape index (κ3) is 6.96. The Hall–Kier alpha value is -3.08. The Morgan fingerprint density at radius 2 is 1.91 bits per heavy atom. The van der Waals surface area contributed by atoms with E-state index < -0.39 is 0 Å². The predicted molar refractivity (Wildman–Crippen MR) is 138 cm³/mol. The SMILES string of the molecule is CCOC(=O)c1cc(-c2cnc(Nc3cnc(C)cn3)cc2NCC2CCNCC2)cs1.CN. The average Bonchev–Trinajstić information content (AvgIpc) is 3.37. The van der Waals surface area contributed by atoms with E-state index in [9.17, 15) is 4.79 Å². The van der Waals surface area contributed by atoms with Gasteiger partial charge in [0.05, 0.1) is 24.7 Å². The zero-order valence-corrected chi connectivity index (χ0v) is 20.7. The number of nitrogens with zero attached hydrogens (tertiary/aromatic N) is 3. The number of carbonyl (C=O) groups excluding carboxylic acids is 1. The smallest absolute Gasteiger partial charge is 0.348 e. The van der Waals surface area contributed by atoms with E-state index in [-0.39, 0.29) is 5.97 Å². The van der Waals surface area contributed by atoms with Gasteiger partial charge in [0.15, 0.2) is 0 Å². The molecule has 3 aromatic rings. The molecule has 34 heavy (non-hydrogen) atoms. The highest BCUT2D eigenvalue weighted by molar-refractivity contribution is 7.12. The lowest BCUT2D eigenvalue weighted by Crippen LogP contribution is -2.31. The molecule has 0 unspecified atom stereocenters. The van der Waals surface area contributed by atoms with Crippen molar-refractivity contribution in [3.8, 4) is 11.1 Å². The number of nitrogens with two attached hydrogens (primary N) is 1. The van der Waals surface area contributed by atoms with Crippen LogP contribution in [0.3, 0.4) is 0 Å². The number of nitrogens with one attached hydrogen (secondary N) is 3. The lowest BCUT2D eigenvalue weighted by atomic mass is 9.98. The first-order chi connectivity index (χ1) is 16.6. The van der Waals surface area contributed by atoms with E-state index in [2.05, 4.69) is 36.6 Å². The molecule has 0 aromatic carbocycles. The summed E-state index contributed by atoms with van der Waals surface area (Å²) < 4.78 is 5.14. The fourth-order valence-electron chi connectivity index (χ4n) is 3.62. The van der Waals surface area contributed by atoms with E-state index in [1.165, 1.54) is 18.4 Å². The van der Waals surface area contributed by atoms with Gasteiger partial charge in [-0.25, -0.2) is 14.8 Å². The van der Waals surface area contributed by atoms with E-state index in [0.717, 1.165) is 55.0 Å². The molecule has 5 N–H and O–H groups in total. The third-order valence-electron chi connectivity index (χ3n) is 5.37. The second-order valence-corrected chi connectivity index (χ2v) is 8.69. The molecule has 182 valence electrons. The molecule has 1 saturated heterocycles. The number of esters is 1. The summed E-state index contributed by atoms with van der Waals surface area (Å²) >= 11 is 1.38. The van der Waals surface area contributed by atoms with Gasteiger partial charge in [0, 0.05) is 30.1 Å². The topological polar surface area (TPSA) is 127 Å².